The molecule has 0 aliphatic carbocycles. The van der Waals surface area contributed by atoms with E-state index in [1.165, 1.54) is 0 Å². The van der Waals surface area contributed by atoms with Gasteiger partial charge in [0.2, 0.25) is 5.91 Å². The highest BCUT2D eigenvalue weighted by Gasteiger charge is 2.27. The fourth-order valence-corrected chi connectivity index (χ4v) is 2.25. The molecule has 1 aliphatic rings. The maximum absolute atomic E-state index is 11.8. The third kappa shape index (κ3) is 3.81. The van der Waals surface area contributed by atoms with E-state index in [0.717, 1.165) is 18.4 Å². The minimum absolute atomic E-state index is 0.0588. The van der Waals surface area contributed by atoms with E-state index in [1.54, 1.807) is 24.3 Å². The monoisotopic (exact) mass is 277 g/mol. The molecule has 2 N–H and O–H groups in total. The summed E-state index contributed by atoms with van der Waals surface area (Å²) < 4.78 is 5.49. The molecule has 1 fully saturated rings. The van der Waals surface area contributed by atoms with Gasteiger partial charge in [0.1, 0.15) is 6.10 Å². The van der Waals surface area contributed by atoms with E-state index < -0.39 is 5.97 Å². The number of benzene rings is 1. The fourth-order valence-electron chi connectivity index (χ4n) is 2.25. The Balaban J connectivity index is 1.75. The summed E-state index contributed by atoms with van der Waals surface area (Å²) in [5, 5.41) is 11.6. The largest absolute Gasteiger partial charge is 0.478 e. The predicted molar refractivity (Wildman–Crippen MR) is 73.7 cm³/mol. The average molecular weight is 277 g/mol. The van der Waals surface area contributed by atoms with Crippen molar-refractivity contribution in [3.63, 3.8) is 0 Å². The number of amides is 1. The summed E-state index contributed by atoms with van der Waals surface area (Å²) in [5.41, 5.74) is 1.27. The summed E-state index contributed by atoms with van der Waals surface area (Å²) in [6, 6.07) is 6.68. The number of carbonyl (C=O) groups is 2. The number of hydrogen-bond acceptors (Lipinski definition) is 3. The lowest BCUT2D eigenvalue weighted by Gasteiger charge is -2.11. The summed E-state index contributed by atoms with van der Waals surface area (Å²) in [6.45, 7) is 2.50. The summed E-state index contributed by atoms with van der Waals surface area (Å²) in [4.78, 5) is 22.5. The van der Waals surface area contributed by atoms with Crippen molar-refractivity contribution in [2.75, 3.05) is 6.54 Å². The molecular weight excluding hydrogens is 258 g/mol. The van der Waals surface area contributed by atoms with Gasteiger partial charge in [0.15, 0.2) is 0 Å². The lowest BCUT2D eigenvalue weighted by atomic mass is 10.1. The molecule has 5 heteroatoms. The zero-order valence-corrected chi connectivity index (χ0v) is 11.5. The van der Waals surface area contributed by atoms with Gasteiger partial charge < -0.3 is 15.2 Å². The van der Waals surface area contributed by atoms with Gasteiger partial charge in [-0.05, 0) is 43.9 Å². The first-order valence-corrected chi connectivity index (χ1v) is 6.81. The van der Waals surface area contributed by atoms with Crippen molar-refractivity contribution < 1.29 is 19.4 Å². The van der Waals surface area contributed by atoms with Crippen LogP contribution in [-0.4, -0.2) is 35.7 Å². The molecule has 1 heterocycles. The van der Waals surface area contributed by atoms with Crippen LogP contribution in [0.25, 0.3) is 0 Å². The van der Waals surface area contributed by atoms with Gasteiger partial charge in [-0.2, -0.15) is 0 Å². The Morgan fingerprint density at radius 1 is 1.30 bits per heavy atom. The summed E-state index contributed by atoms with van der Waals surface area (Å²) in [6.07, 6.45) is 2.22. The normalized spacial score (nSPS) is 21.6. The van der Waals surface area contributed by atoms with Gasteiger partial charge in [-0.25, -0.2) is 4.79 Å². The Bertz CT molecular complexity index is 483. The zero-order chi connectivity index (χ0) is 14.5. The van der Waals surface area contributed by atoms with Crippen LogP contribution in [0.3, 0.4) is 0 Å². The minimum Gasteiger partial charge on any atom is -0.478 e. The molecule has 1 amide bonds. The van der Waals surface area contributed by atoms with Crippen LogP contribution in [0.5, 0.6) is 0 Å². The number of nitrogens with one attached hydrogen (secondary N) is 1. The molecule has 20 heavy (non-hydrogen) atoms. The smallest absolute Gasteiger partial charge is 0.335 e. The summed E-state index contributed by atoms with van der Waals surface area (Å²) >= 11 is 0. The molecule has 0 aromatic heterocycles. The number of hydrogen-bond donors (Lipinski definition) is 2. The molecule has 0 bridgehead atoms. The van der Waals surface area contributed by atoms with Crippen molar-refractivity contribution >= 4 is 11.9 Å². The van der Waals surface area contributed by atoms with Crippen molar-refractivity contribution in [1.29, 1.82) is 0 Å². The van der Waals surface area contributed by atoms with E-state index in [0.29, 0.717) is 13.0 Å². The fraction of sp³-hybridized carbons (Fsp3) is 0.467. The molecule has 108 valence electrons. The SMILES string of the molecule is C[C@H]1CC[C@H](C(=O)NCCc2ccc(C(=O)O)cc2)O1. The number of carboxylic acid groups (broad SMARTS) is 1. The standard InChI is InChI=1S/C15H19NO4/c1-10-2-7-13(20-10)14(17)16-9-8-11-3-5-12(6-4-11)15(18)19/h3-6,10,13H,2,7-9H2,1H3,(H,16,17)(H,18,19)/t10-,13+/m0/s1. The predicted octanol–water partition coefficient (Wildman–Crippen LogP) is 1.61. The average Bonchev–Trinajstić information content (AvgIpc) is 2.86. The van der Waals surface area contributed by atoms with Crippen LogP contribution in [0, 0.1) is 0 Å². The van der Waals surface area contributed by atoms with Crippen molar-refractivity contribution in [3.8, 4) is 0 Å². The van der Waals surface area contributed by atoms with E-state index in [-0.39, 0.29) is 23.7 Å². The van der Waals surface area contributed by atoms with E-state index in [9.17, 15) is 9.59 Å². The Morgan fingerprint density at radius 2 is 2.00 bits per heavy atom. The molecule has 1 aromatic rings. The van der Waals surface area contributed by atoms with E-state index >= 15 is 0 Å². The number of carboxylic acids is 1. The number of ether oxygens (including phenoxy) is 1. The van der Waals surface area contributed by atoms with E-state index in [2.05, 4.69) is 5.32 Å². The summed E-state index contributed by atoms with van der Waals surface area (Å²) in [5.74, 6) is -0.992. The third-order valence-electron chi connectivity index (χ3n) is 3.44. The van der Waals surface area contributed by atoms with E-state index in [1.807, 2.05) is 6.92 Å². The topological polar surface area (TPSA) is 75.6 Å². The lowest BCUT2D eigenvalue weighted by Crippen LogP contribution is -2.35. The molecule has 0 saturated carbocycles. The van der Waals surface area contributed by atoms with Crippen molar-refractivity contribution in [2.45, 2.75) is 38.4 Å². The zero-order valence-electron chi connectivity index (χ0n) is 11.5. The van der Waals surface area contributed by atoms with Gasteiger partial charge in [0, 0.05) is 6.54 Å². The molecule has 1 aliphatic heterocycles. The maximum Gasteiger partial charge on any atom is 0.335 e. The van der Waals surface area contributed by atoms with Crippen molar-refractivity contribution in [1.82, 2.24) is 5.32 Å². The maximum atomic E-state index is 11.8. The second kappa shape index (κ2) is 6.52. The van der Waals surface area contributed by atoms with Gasteiger partial charge in [-0.1, -0.05) is 12.1 Å². The Labute approximate surface area is 117 Å². The molecule has 1 saturated heterocycles. The highest BCUT2D eigenvalue weighted by atomic mass is 16.5. The molecule has 0 unspecified atom stereocenters. The highest BCUT2D eigenvalue weighted by molar-refractivity contribution is 5.87. The molecular formula is C15H19NO4. The van der Waals surface area contributed by atoms with Gasteiger partial charge in [-0.15, -0.1) is 0 Å². The van der Waals surface area contributed by atoms with Crippen LogP contribution in [0.15, 0.2) is 24.3 Å². The number of aromatic carboxylic acids is 1. The van der Waals surface area contributed by atoms with Crippen molar-refractivity contribution in [3.05, 3.63) is 35.4 Å². The van der Waals surface area contributed by atoms with Gasteiger partial charge in [0.25, 0.3) is 0 Å². The van der Waals surface area contributed by atoms with Crippen LogP contribution >= 0.6 is 0 Å². The Hall–Kier alpha value is -1.88. The first kappa shape index (κ1) is 14.5. The quantitative estimate of drug-likeness (QED) is 0.857. The van der Waals surface area contributed by atoms with Crippen LogP contribution in [0.1, 0.15) is 35.7 Å². The molecule has 1 aromatic carbocycles. The molecule has 2 rings (SSSR count). The molecule has 0 spiro atoms. The first-order valence-electron chi connectivity index (χ1n) is 6.81. The number of carbonyl (C=O) groups excluding carboxylic acids is 1. The van der Waals surface area contributed by atoms with E-state index in [4.69, 9.17) is 9.84 Å². The Morgan fingerprint density at radius 3 is 2.55 bits per heavy atom. The van der Waals surface area contributed by atoms with Gasteiger partial charge >= 0.3 is 5.97 Å². The van der Waals surface area contributed by atoms with Crippen molar-refractivity contribution in [2.24, 2.45) is 0 Å². The van der Waals surface area contributed by atoms with Gasteiger partial charge in [0.05, 0.1) is 11.7 Å². The molecule has 5 nitrogen and oxygen atoms in total. The molecule has 2 atom stereocenters. The second-order valence-corrected chi connectivity index (χ2v) is 5.06. The van der Waals surface area contributed by atoms with Crippen LogP contribution in [0.4, 0.5) is 0 Å². The summed E-state index contributed by atoms with van der Waals surface area (Å²) in [7, 11) is 0. The number of rotatable bonds is 5. The van der Waals surface area contributed by atoms with Gasteiger partial charge in [-0.3, -0.25) is 4.79 Å². The second-order valence-electron chi connectivity index (χ2n) is 5.06. The lowest BCUT2D eigenvalue weighted by molar-refractivity contribution is -0.131. The highest BCUT2D eigenvalue weighted by Crippen LogP contribution is 2.18. The Kier molecular flexibility index (Phi) is 4.74. The minimum atomic E-state index is -0.933. The van der Waals surface area contributed by atoms with Crippen LogP contribution < -0.4 is 5.32 Å². The first-order chi connectivity index (χ1) is 9.56. The third-order valence-corrected chi connectivity index (χ3v) is 3.44. The molecule has 0 radical (unpaired) electrons. The van der Waals surface area contributed by atoms with Crippen LogP contribution in [-0.2, 0) is 16.0 Å². The van der Waals surface area contributed by atoms with Crippen LogP contribution in [0.2, 0.25) is 0 Å².